The minimum Gasteiger partial charge on any atom is -0.324 e. The summed E-state index contributed by atoms with van der Waals surface area (Å²) in [5.41, 5.74) is 1.38. The van der Waals surface area contributed by atoms with Gasteiger partial charge in [0.25, 0.3) is 0 Å². The molecule has 1 aliphatic heterocycles. The standard InChI is InChI=1S/C17H19BNO2S/c1-5-12-13(20)7-14-17(15(12)22-6-2)8-11(17)9-19(14)16(21)18-10(3)4/h5-7,10-11H,1-2,8-9H2,3-4H3. The van der Waals surface area contributed by atoms with Crippen LogP contribution in [0, 0.1) is 11.3 Å². The van der Waals surface area contributed by atoms with Crippen molar-refractivity contribution in [3.63, 3.8) is 0 Å². The molecule has 1 saturated carbocycles. The van der Waals surface area contributed by atoms with E-state index < -0.39 is 0 Å². The van der Waals surface area contributed by atoms with Crippen LogP contribution in [-0.2, 0) is 4.79 Å². The third kappa shape index (κ3) is 2.06. The second-order valence-corrected chi connectivity index (χ2v) is 7.33. The molecular formula is C17H19BNO2S. The van der Waals surface area contributed by atoms with Crippen LogP contribution in [0.2, 0.25) is 5.82 Å². The van der Waals surface area contributed by atoms with Crippen LogP contribution < -0.4 is 0 Å². The van der Waals surface area contributed by atoms with Gasteiger partial charge in [-0.25, -0.2) is 0 Å². The van der Waals surface area contributed by atoms with Crippen molar-refractivity contribution in [2.24, 2.45) is 11.3 Å². The number of piperidine rings is 1. The molecule has 0 aromatic heterocycles. The van der Waals surface area contributed by atoms with Crippen LogP contribution in [-0.4, -0.2) is 30.3 Å². The molecule has 0 bridgehead atoms. The molecule has 0 aromatic carbocycles. The van der Waals surface area contributed by atoms with Crippen LogP contribution in [0.25, 0.3) is 0 Å². The van der Waals surface area contributed by atoms with Gasteiger partial charge in [0.2, 0.25) is 7.28 Å². The van der Waals surface area contributed by atoms with E-state index in [9.17, 15) is 9.59 Å². The van der Waals surface area contributed by atoms with Crippen molar-refractivity contribution in [2.45, 2.75) is 26.1 Å². The minimum atomic E-state index is -0.156. The second-order valence-electron chi connectivity index (χ2n) is 6.36. The van der Waals surface area contributed by atoms with E-state index in [4.69, 9.17) is 0 Å². The highest BCUT2D eigenvalue weighted by Crippen LogP contribution is 2.71. The second kappa shape index (κ2) is 5.30. The van der Waals surface area contributed by atoms with Crippen molar-refractivity contribution in [2.75, 3.05) is 6.54 Å². The Morgan fingerprint density at radius 1 is 1.55 bits per heavy atom. The molecular weight excluding hydrogens is 293 g/mol. The van der Waals surface area contributed by atoms with E-state index >= 15 is 0 Å². The fraction of sp³-hybridized carbons (Fsp3) is 0.412. The van der Waals surface area contributed by atoms with E-state index in [0.29, 0.717) is 18.0 Å². The Labute approximate surface area is 136 Å². The van der Waals surface area contributed by atoms with Gasteiger partial charge in [-0.15, -0.1) is 11.8 Å². The number of nitrogens with zero attached hydrogens (tertiary/aromatic N) is 1. The number of hydrogen-bond acceptors (Lipinski definition) is 3. The lowest BCUT2D eigenvalue weighted by Gasteiger charge is -2.30. The zero-order valence-corrected chi connectivity index (χ0v) is 13.8. The largest absolute Gasteiger partial charge is 0.324 e. The van der Waals surface area contributed by atoms with Crippen molar-refractivity contribution in [1.29, 1.82) is 0 Å². The summed E-state index contributed by atoms with van der Waals surface area (Å²) >= 11 is 1.50. The number of carbonyl (C=O) groups excluding carboxylic acids is 2. The molecule has 1 saturated heterocycles. The summed E-state index contributed by atoms with van der Waals surface area (Å²) in [6, 6.07) is 0. The maximum Gasteiger partial charge on any atom is 0.236 e. The fourth-order valence-electron chi connectivity index (χ4n) is 3.61. The summed E-state index contributed by atoms with van der Waals surface area (Å²) in [6.45, 7) is 12.2. The van der Waals surface area contributed by atoms with Crippen LogP contribution in [0.1, 0.15) is 20.3 Å². The first kappa shape index (κ1) is 15.4. The lowest BCUT2D eigenvalue weighted by Crippen LogP contribution is -2.35. The summed E-state index contributed by atoms with van der Waals surface area (Å²) in [5.74, 6) is 0.552. The van der Waals surface area contributed by atoms with Crippen molar-refractivity contribution in [1.82, 2.24) is 4.90 Å². The van der Waals surface area contributed by atoms with Gasteiger partial charge < -0.3 is 4.90 Å². The van der Waals surface area contributed by atoms with Crippen LogP contribution >= 0.6 is 11.8 Å². The summed E-state index contributed by atoms with van der Waals surface area (Å²) in [5, 5.41) is 1.75. The van der Waals surface area contributed by atoms with Gasteiger partial charge in [-0.3, -0.25) is 9.59 Å². The number of thioether (sulfide) groups is 1. The molecule has 2 aliphatic carbocycles. The molecule has 1 radical (unpaired) electrons. The number of rotatable bonds is 5. The number of likely N-dealkylation sites (tertiary alicyclic amines) is 1. The average molecular weight is 312 g/mol. The van der Waals surface area contributed by atoms with Gasteiger partial charge in [0.05, 0.1) is 0 Å². The Bertz CT molecular complexity index is 649. The predicted molar refractivity (Wildman–Crippen MR) is 91.6 cm³/mol. The quantitative estimate of drug-likeness (QED) is 0.726. The van der Waals surface area contributed by atoms with Gasteiger partial charge in [-0.05, 0) is 17.7 Å². The van der Waals surface area contributed by atoms with Crippen molar-refractivity contribution < 1.29 is 9.59 Å². The van der Waals surface area contributed by atoms with E-state index in [2.05, 4.69) is 13.2 Å². The molecule has 3 nitrogen and oxygen atoms in total. The van der Waals surface area contributed by atoms with Crippen molar-refractivity contribution >= 4 is 30.6 Å². The molecule has 113 valence electrons. The molecule has 1 amide bonds. The molecule has 2 fully saturated rings. The molecule has 22 heavy (non-hydrogen) atoms. The monoisotopic (exact) mass is 312 g/mol. The number of allylic oxidation sites excluding steroid dienone is 4. The Hall–Kier alpha value is -1.49. The first-order valence-corrected chi connectivity index (χ1v) is 8.41. The first-order valence-electron chi connectivity index (χ1n) is 7.53. The zero-order chi connectivity index (χ0) is 16.1. The van der Waals surface area contributed by atoms with E-state index in [1.807, 2.05) is 13.8 Å². The molecule has 3 rings (SSSR count). The lowest BCUT2D eigenvalue weighted by atomic mass is 9.65. The Morgan fingerprint density at radius 2 is 2.27 bits per heavy atom. The van der Waals surface area contributed by atoms with Gasteiger partial charge in [0.15, 0.2) is 11.6 Å². The Kier molecular flexibility index (Phi) is 3.72. The predicted octanol–water partition coefficient (Wildman–Crippen LogP) is 3.74. The molecule has 0 aromatic rings. The minimum absolute atomic E-state index is 0.00521. The number of carbonyl (C=O) groups is 2. The van der Waals surface area contributed by atoms with Crippen LogP contribution in [0.3, 0.4) is 0 Å². The Morgan fingerprint density at radius 3 is 2.86 bits per heavy atom. The topological polar surface area (TPSA) is 37.4 Å². The number of hydrogen-bond donors (Lipinski definition) is 0. The van der Waals surface area contributed by atoms with Crippen LogP contribution in [0.4, 0.5) is 4.79 Å². The molecule has 1 spiro atoms. The average Bonchev–Trinajstić information content (AvgIpc) is 3.07. The fourth-order valence-corrected chi connectivity index (χ4v) is 4.65. The number of amides is 1. The van der Waals surface area contributed by atoms with Crippen LogP contribution in [0.5, 0.6) is 0 Å². The summed E-state index contributed by atoms with van der Waals surface area (Å²) < 4.78 is 0. The zero-order valence-electron chi connectivity index (χ0n) is 13.0. The van der Waals surface area contributed by atoms with Gasteiger partial charge in [-0.2, -0.15) is 0 Å². The van der Waals surface area contributed by atoms with Gasteiger partial charge in [0.1, 0.15) is 0 Å². The smallest absolute Gasteiger partial charge is 0.236 e. The third-order valence-electron chi connectivity index (χ3n) is 4.59. The molecule has 2 unspecified atom stereocenters. The Balaban J connectivity index is 1.99. The highest BCUT2D eigenvalue weighted by Gasteiger charge is 2.67. The van der Waals surface area contributed by atoms with E-state index in [0.717, 1.165) is 17.0 Å². The van der Waals surface area contributed by atoms with Crippen LogP contribution in [0.15, 0.2) is 46.9 Å². The third-order valence-corrected chi connectivity index (χ3v) is 5.57. The molecule has 2 atom stereocenters. The van der Waals surface area contributed by atoms with Gasteiger partial charge >= 0.3 is 0 Å². The highest BCUT2D eigenvalue weighted by atomic mass is 32.2. The van der Waals surface area contributed by atoms with Gasteiger partial charge in [-0.1, -0.05) is 38.9 Å². The normalized spacial score (nSPS) is 29.0. The molecule has 1 heterocycles. The molecule has 3 aliphatic rings. The molecule has 0 N–H and O–H groups in total. The number of ketones is 1. The van der Waals surface area contributed by atoms with E-state index in [-0.39, 0.29) is 22.8 Å². The maximum atomic E-state index is 12.5. The summed E-state index contributed by atoms with van der Waals surface area (Å²) in [7, 11) is 1.72. The summed E-state index contributed by atoms with van der Waals surface area (Å²) in [4.78, 5) is 27.7. The SMILES string of the molecule is C=CSC1=C(C=C)C(=O)C=C2N(C(=O)[B]C(C)C)CC3CC213. The lowest BCUT2D eigenvalue weighted by molar-refractivity contribution is -0.111. The maximum absolute atomic E-state index is 12.5. The first-order chi connectivity index (χ1) is 10.5. The molecule has 5 heteroatoms. The summed E-state index contributed by atoms with van der Waals surface area (Å²) in [6.07, 6.45) is 4.28. The van der Waals surface area contributed by atoms with Gasteiger partial charge in [0, 0.05) is 34.2 Å². The van der Waals surface area contributed by atoms with Crippen molar-refractivity contribution in [3.8, 4) is 0 Å². The highest BCUT2D eigenvalue weighted by molar-refractivity contribution is 8.05. The van der Waals surface area contributed by atoms with E-state index in [1.165, 1.54) is 11.8 Å². The van der Waals surface area contributed by atoms with Crippen molar-refractivity contribution in [3.05, 3.63) is 46.9 Å². The van der Waals surface area contributed by atoms with E-state index in [1.54, 1.807) is 29.7 Å².